The van der Waals surface area contributed by atoms with E-state index in [0.717, 1.165) is 64.4 Å². The van der Waals surface area contributed by atoms with Gasteiger partial charge in [-0.15, -0.1) is 0 Å². The van der Waals surface area contributed by atoms with E-state index >= 15 is 0 Å². The van der Waals surface area contributed by atoms with Crippen LogP contribution in [-0.4, -0.2) is 71.7 Å². The highest BCUT2D eigenvalue weighted by Crippen LogP contribution is 2.38. The second-order valence-electron chi connectivity index (χ2n) is 6.91. The van der Waals surface area contributed by atoms with Gasteiger partial charge in [0.25, 0.3) is 0 Å². The molecule has 23 heavy (non-hydrogen) atoms. The van der Waals surface area contributed by atoms with Crippen molar-refractivity contribution in [2.75, 3.05) is 50.7 Å². The SMILES string of the molecule is O=C(CN1CCCN(c2nc(C3CC3)no2)CC1)N1CCCC1. The van der Waals surface area contributed by atoms with Crippen LogP contribution in [0.4, 0.5) is 6.01 Å². The first-order valence-electron chi connectivity index (χ1n) is 8.88. The molecular formula is C16H25N5O2. The molecule has 0 radical (unpaired) electrons. The molecule has 126 valence electrons. The fourth-order valence-corrected chi connectivity index (χ4v) is 3.44. The first kappa shape index (κ1) is 14.9. The van der Waals surface area contributed by atoms with Crippen molar-refractivity contribution in [1.82, 2.24) is 19.9 Å². The van der Waals surface area contributed by atoms with Crippen LogP contribution in [0.1, 0.15) is 43.8 Å². The summed E-state index contributed by atoms with van der Waals surface area (Å²) in [5, 5.41) is 4.10. The molecule has 1 aromatic rings. The van der Waals surface area contributed by atoms with Gasteiger partial charge in [-0.05, 0) is 32.1 Å². The number of carbonyl (C=O) groups is 1. The Hall–Kier alpha value is -1.63. The molecule has 4 rings (SSSR count). The normalized spacial score (nSPS) is 23.3. The maximum Gasteiger partial charge on any atom is 0.324 e. The average Bonchev–Trinajstić information content (AvgIpc) is 3.11. The Balaban J connectivity index is 1.31. The lowest BCUT2D eigenvalue weighted by molar-refractivity contribution is -0.131. The number of amides is 1. The van der Waals surface area contributed by atoms with Crippen molar-refractivity contribution in [2.45, 2.75) is 38.0 Å². The first-order chi connectivity index (χ1) is 11.3. The number of aromatic nitrogens is 2. The molecule has 1 amide bonds. The Bertz CT molecular complexity index is 550. The van der Waals surface area contributed by atoms with Crippen LogP contribution in [0.15, 0.2) is 4.52 Å². The highest BCUT2D eigenvalue weighted by atomic mass is 16.5. The summed E-state index contributed by atoms with van der Waals surface area (Å²) in [5.74, 6) is 1.67. The number of rotatable bonds is 4. The first-order valence-corrected chi connectivity index (χ1v) is 8.88. The lowest BCUT2D eigenvalue weighted by atomic mass is 10.3. The van der Waals surface area contributed by atoms with Gasteiger partial charge in [0, 0.05) is 45.2 Å². The third kappa shape index (κ3) is 3.49. The zero-order valence-electron chi connectivity index (χ0n) is 13.6. The van der Waals surface area contributed by atoms with Crippen LogP contribution in [0.2, 0.25) is 0 Å². The zero-order chi connectivity index (χ0) is 15.6. The number of likely N-dealkylation sites (tertiary alicyclic amines) is 1. The summed E-state index contributed by atoms with van der Waals surface area (Å²) < 4.78 is 5.43. The Morgan fingerprint density at radius 1 is 1.04 bits per heavy atom. The van der Waals surface area contributed by atoms with E-state index in [1.165, 1.54) is 12.8 Å². The fraction of sp³-hybridized carbons (Fsp3) is 0.812. The monoisotopic (exact) mass is 319 g/mol. The summed E-state index contributed by atoms with van der Waals surface area (Å²) in [5.41, 5.74) is 0. The van der Waals surface area contributed by atoms with Crippen LogP contribution in [-0.2, 0) is 4.79 Å². The second-order valence-corrected chi connectivity index (χ2v) is 6.91. The van der Waals surface area contributed by atoms with Crippen molar-refractivity contribution in [3.8, 4) is 0 Å². The number of hydrogen-bond acceptors (Lipinski definition) is 6. The number of carbonyl (C=O) groups excluding carboxylic acids is 1. The van der Waals surface area contributed by atoms with Gasteiger partial charge in [-0.1, -0.05) is 5.16 Å². The molecule has 0 atom stereocenters. The van der Waals surface area contributed by atoms with E-state index in [1.54, 1.807) is 0 Å². The van der Waals surface area contributed by atoms with E-state index in [-0.39, 0.29) is 5.91 Å². The van der Waals surface area contributed by atoms with Gasteiger partial charge in [0.15, 0.2) is 5.82 Å². The Kier molecular flexibility index (Phi) is 4.20. The van der Waals surface area contributed by atoms with Gasteiger partial charge >= 0.3 is 6.01 Å². The maximum atomic E-state index is 12.3. The molecule has 7 heteroatoms. The smallest absolute Gasteiger partial charge is 0.324 e. The molecule has 3 aliphatic rings. The number of anilines is 1. The highest BCUT2D eigenvalue weighted by Gasteiger charge is 2.30. The largest absolute Gasteiger partial charge is 0.342 e. The van der Waals surface area contributed by atoms with Gasteiger partial charge in [-0.25, -0.2) is 0 Å². The minimum absolute atomic E-state index is 0.282. The molecule has 2 aliphatic heterocycles. The standard InChI is InChI=1S/C16H25N5O2/c22-14(20-7-1-2-8-20)12-19-6-3-9-21(11-10-19)16-17-15(18-23-16)13-4-5-13/h13H,1-12H2. The van der Waals surface area contributed by atoms with Gasteiger partial charge in [-0.2, -0.15) is 4.98 Å². The molecule has 1 aromatic heterocycles. The van der Waals surface area contributed by atoms with Gasteiger partial charge in [-0.3, -0.25) is 9.69 Å². The van der Waals surface area contributed by atoms with Crippen LogP contribution in [0.25, 0.3) is 0 Å². The third-order valence-electron chi connectivity index (χ3n) is 5.05. The lowest BCUT2D eigenvalue weighted by Crippen LogP contribution is -2.40. The molecule has 0 bridgehead atoms. The summed E-state index contributed by atoms with van der Waals surface area (Å²) in [6.07, 6.45) is 5.70. The van der Waals surface area contributed by atoms with Crippen LogP contribution in [0, 0.1) is 0 Å². The third-order valence-corrected chi connectivity index (χ3v) is 5.05. The van der Waals surface area contributed by atoms with Crippen LogP contribution in [0.5, 0.6) is 0 Å². The summed E-state index contributed by atoms with van der Waals surface area (Å²) in [6.45, 7) is 6.02. The van der Waals surface area contributed by atoms with Crippen molar-refractivity contribution in [1.29, 1.82) is 0 Å². The van der Waals surface area contributed by atoms with E-state index < -0.39 is 0 Å². The van der Waals surface area contributed by atoms with Gasteiger partial charge in [0.05, 0.1) is 6.54 Å². The molecule has 0 N–H and O–H groups in total. The van der Waals surface area contributed by atoms with Crippen molar-refractivity contribution in [3.05, 3.63) is 5.82 Å². The summed E-state index contributed by atoms with van der Waals surface area (Å²) >= 11 is 0. The van der Waals surface area contributed by atoms with Crippen LogP contribution >= 0.6 is 0 Å². The van der Waals surface area contributed by atoms with Crippen LogP contribution in [0.3, 0.4) is 0 Å². The Labute approximate surface area is 136 Å². The molecule has 7 nitrogen and oxygen atoms in total. The lowest BCUT2D eigenvalue weighted by Gasteiger charge is -2.23. The van der Waals surface area contributed by atoms with E-state index in [2.05, 4.69) is 19.9 Å². The molecule has 1 aliphatic carbocycles. The maximum absolute atomic E-state index is 12.3. The molecule has 3 heterocycles. The van der Waals surface area contributed by atoms with E-state index in [9.17, 15) is 4.79 Å². The minimum Gasteiger partial charge on any atom is -0.342 e. The summed E-state index contributed by atoms with van der Waals surface area (Å²) in [7, 11) is 0. The molecule has 3 fully saturated rings. The van der Waals surface area contributed by atoms with E-state index in [1.807, 2.05) is 4.90 Å². The number of nitrogens with zero attached hydrogens (tertiary/aromatic N) is 5. The fourth-order valence-electron chi connectivity index (χ4n) is 3.44. The quantitative estimate of drug-likeness (QED) is 0.827. The molecule has 0 unspecified atom stereocenters. The van der Waals surface area contributed by atoms with E-state index in [0.29, 0.717) is 18.5 Å². The summed E-state index contributed by atoms with van der Waals surface area (Å²) in [6, 6.07) is 0.652. The van der Waals surface area contributed by atoms with Gasteiger partial charge in [0.1, 0.15) is 0 Å². The Morgan fingerprint density at radius 2 is 1.87 bits per heavy atom. The molecule has 0 spiro atoms. The molecule has 0 aromatic carbocycles. The molecular weight excluding hydrogens is 294 g/mol. The predicted octanol–water partition coefficient (Wildman–Crippen LogP) is 1.08. The topological polar surface area (TPSA) is 65.7 Å². The zero-order valence-corrected chi connectivity index (χ0v) is 13.6. The van der Waals surface area contributed by atoms with Crippen molar-refractivity contribution in [3.63, 3.8) is 0 Å². The summed E-state index contributed by atoms with van der Waals surface area (Å²) in [4.78, 5) is 23.3. The van der Waals surface area contributed by atoms with Crippen molar-refractivity contribution < 1.29 is 9.32 Å². The molecule has 1 saturated carbocycles. The van der Waals surface area contributed by atoms with Gasteiger partial charge in [0.2, 0.25) is 5.91 Å². The minimum atomic E-state index is 0.282. The number of hydrogen-bond donors (Lipinski definition) is 0. The van der Waals surface area contributed by atoms with Gasteiger partial charge < -0.3 is 14.3 Å². The highest BCUT2D eigenvalue weighted by molar-refractivity contribution is 5.78. The van der Waals surface area contributed by atoms with Crippen molar-refractivity contribution in [2.24, 2.45) is 0 Å². The second kappa shape index (κ2) is 6.47. The predicted molar refractivity (Wildman–Crippen MR) is 85.4 cm³/mol. The Morgan fingerprint density at radius 3 is 2.65 bits per heavy atom. The van der Waals surface area contributed by atoms with Crippen molar-refractivity contribution >= 4 is 11.9 Å². The van der Waals surface area contributed by atoms with Crippen LogP contribution < -0.4 is 4.90 Å². The van der Waals surface area contributed by atoms with E-state index in [4.69, 9.17) is 4.52 Å². The average molecular weight is 319 g/mol. The molecule has 2 saturated heterocycles.